The summed E-state index contributed by atoms with van der Waals surface area (Å²) in [4.78, 5) is 13.0. The standard InChI is InChI=1S/C40H77NO11S/c1-3-5-7-9-11-13-15-17-19-21-23-25-27-29-34(43)33(32-50-40-38(46)39(52-53(47,48)49)37(45)35(31-42)51-40)41-36(44)30-28-26-24-22-20-18-16-14-12-10-8-6-4-2/h27,29,33-35,37-40,42-43,45-46H,3-26,28,30-32H2,1-2H3,(H,41,44)(H,47,48,49)/b29-27+/t33-,34+,35+,37-,38?,39?,40+/m0/s1. The molecule has 6 N–H and O–H groups in total. The van der Waals surface area contributed by atoms with Crippen LogP contribution in [0.2, 0.25) is 0 Å². The van der Waals surface area contributed by atoms with Crippen LogP contribution in [0, 0.1) is 0 Å². The fourth-order valence-corrected chi connectivity index (χ4v) is 7.26. The zero-order valence-electron chi connectivity index (χ0n) is 33.1. The zero-order chi connectivity index (χ0) is 39.2. The van der Waals surface area contributed by atoms with Crippen LogP contribution in [0.5, 0.6) is 0 Å². The Bertz CT molecular complexity index is 1010. The van der Waals surface area contributed by atoms with E-state index in [1.165, 1.54) is 116 Å². The molecule has 0 spiro atoms. The second kappa shape index (κ2) is 32.0. The Hall–Kier alpha value is -1.16. The van der Waals surface area contributed by atoms with Crippen molar-refractivity contribution in [1.29, 1.82) is 0 Å². The van der Waals surface area contributed by atoms with Gasteiger partial charge in [0.1, 0.15) is 24.4 Å². The highest BCUT2D eigenvalue weighted by molar-refractivity contribution is 7.80. The van der Waals surface area contributed by atoms with Gasteiger partial charge in [-0.3, -0.25) is 9.35 Å². The summed E-state index contributed by atoms with van der Waals surface area (Å²) in [5, 5.41) is 44.5. The number of amides is 1. The van der Waals surface area contributed by atoms with Gasteiger partial charge < -0.3 is 35.2 Å². The van der Waals surface area contributed by atoms with Crippen molar-refractivity contribution in [1.82, 2.24) is 5.32 Å². The van der Waals surface area contributed by atoms with E-state index in [0.29, 0.717) is 6.42 Å². The minimum Gasteiger partial charge on any atom is -0.394 e. The summed E-state index contributed by atoms with van der Waals surface area (Å²) >= 11 is 0. The lowest BCUT2D eigenvalue weighted by atomic mass is 9.99. The van der Waals surface area contributed by atoms with E-state index in [4.69, 9.17) is 14.0 Å². The molecule has 1 rings (SSSR count). The number of hydrogen-bond acceptors (Lipinski definition) is 10. The molecule has 0 aromatic heterocycles. The summed E-state index contributed by atoms with van der Waals surface area (Å²) in [7, 11) is -5.08. The Labute approximate surface area is 321 Å². The molecule has 53 heavy (non-hydrogen) atoms. The van der Waals surface area contributed by atoms with Gasteiger partial charge in [-0.05, 0) is 19.3 Å². The van der Waals surface area contributed by atoms with E-state index in [1.807, 2.05) is 6.08 Å². The van der Waals surface area contributed by atoms with Crippen LogP contribution < -0.4 is 5.32 Å². The van der Waals surface area contributed by atoms with Crippen molar-refractivity contribution < 1.29 is 51.8 Å². The third kappa shape index (κ3) is 25.6. The Kier molecular flexibility index (Phi) is 30.1. The van der Waals surface area contributed by atoms with Gasteiger partial charge in [0.15, 0.2) is 6.29 Å². The molecule has 0 saturated carbocycles. The average molecular weight is 780 g/mol. The Morgan fingerprint density at radius 3 is 1.64 bits per heavy atom. The quantitative estimate of drug-likeness (QED) is 0.0216. The summed E-state index contributed by atoms with van der Waals surface area (Å²) in [5.74, 6) is -0.263. The smallest absolute Gasteiger partial charge is 0.394 e. The van der Waals surface area contributed by atoms with Crippen LogP contribution >= 0.6 is 0 Å². The summed E-state index contributed by atoms with van der Waals surface area (Å²) in [6.45, 7) is 3.36. The minimum absolute atomic E-state index is 0.263. The maximum Gasteiger partial charge on any atom is 0.397 e. The van der Waals surface area contributed by atoms with E-state index >= 15 is 0 Å². The number of rotatable bonds is 35. The third-order valence-corrected chi connectivity index (χ3v) is 10.5. The molecule has 0 radical (unpaired) electrons. The monoisotopic (exact) mass is 780 g/mol. The molecule has 1 fully saturated rings. The largest absolute Gasteiger partial charge is 0.397 e. The number of carbonyl (C=O) groups excluding carboxylic acids is 1. The molecule has 0 aromatic rings. The van der Waals surface area contributed by atoms with E-state index in [2.05, 4.69) is 23.3 Å². The maximum absolute atomic E-state index is 13.0. The van der Waals surface area contributed by atoms with E-state index in [-0.39, 0.29) is 18.9 Å². The Morgan fingerprint density at radius 1 is 0.736 bits per heavy atom. The Balaban J connectivity index is 2.59. The molecule has 12 nitrogen and oxygen atoms in total. The van der Waals surface area contributed by atoms with E-state index in [9.17, 15) is 33.6 Å². The predicted octanol–water partition coefficient (Wildman–Crippen LogP) is 7.21. The summed E-state index contributed by atoms with van der Waals surface area (Å²) in [6, 6.07) is -0.936. The highest BCUT2D eigenvalue weighted by atomic mass is 32.3. The van der Waals surface area contributed by atoms with Crippen LogP contribution in [0.15, 0.2) is 12.2 Å². The molecule has 1 aliphatic rings. The van der Waals surface area contributed by atoms with Crippen molar-refractivity contribution in [2.75, 3.05) is 13.2 Å². The van der Waals surface area contributed by atoms with Crippen LogP contribution in [-0.2, 0) is 28.9 Å². The second-order valence-corrected chi connectivity index (χ2v) is 16.0. The number of carbonyl (C=O) groups is 1. The number of allylic oxidation sites excluding steroid dienone is 1. The number of hydrogen-bond donors (Lipinski definition) is 6. The van der Waals surface area contributed by atoms with Crippen molar-refractivity contribution in [3.8, 4) is 0 Å². The first-order chi connectivity index (χ1) is 25.5. The Morgan fingerprint density at radius 2 is 1.19 bits per heavy atom. The number of aliphatic hydroxyl groups excluding tert-OH is 4. The van der Waals surface area contributed by atoms with Crippen LogP contribution in [0.1, 0.15) is 181 Å². The number of aliphatic hydroxyl groups is 4. The molecular formula is C40H77NO11S. The van der Waals surface area contributed by atoms with Gasteiger partial charge in [-0.25, -0.2) is 4.18 Å². The van der Waals surface area contributed by atoms with Crippen molar-refractivity contribution in [3.05, 3.63) is 12.2 Å². The van der Waals surface area contributed by atoms with Crippen LogP contribution in [0.25, 0.3) is 0 Å². The topological polar surface area (TPSA) is 192 Å². The summed E-state index contributed by atoms with van der Waals surface area (Å²) < 4.78 is 47.4. The first kappa shape index (κ1) is 49.9. The van der Waals surface area contributed by atoms with Gasteiger partial charge in [-0.1, -0.05) is 167 Å². The van der Waals surface area contributed by atoms with Gasteiger partial charge in [0.25, 0.3) is 0 Å². The van der Waals surface area contributed by atoms with Crippen LogP contribution in [0.4, 0.5) is 0 Å². The molecule has 2 unspecified atom stereocenters. The van der Waals surface area contributed by atoms with Gasteiger partial charge in [0, 0.05) is 6.42 Å². The molecule has 0 aliphatic carbocycles. The number of unbranched alkanes of at least 4 members (excludes halogenated alkanes) is 23. The molecule has 1 amide bonds. The van der Waals surface area contributed by atoms with Gasteiger partial charge in [-0.15, -0.1) is 0 Å². The van der Waals surface area contributed by atoms with E-state index in [1.54, 1.807) is 6.08 Å². The molecular weight excluding hydrogens is 703 g/mol. The van der Waals surface area contributed by atoms with Crippen molar-refractivity contribution >= 4 is 16.3 Å². The van der Waals surface area contributed by atoms with Crippen LogP contribution in [0.3, 0.4) is 0 Å². The fourth-order valence-electron chi connectivity index (χ4n) is 6.75. The lowest BCUT2D eigenvalue weighted by Crippen LogP contribution is -2.61. The van der Waals surface area contributed by atoms with E-state index in [0.717, 1.165) is 38.5 Å². The normalized spacial score (nSPS) is 22.0. The van der Waals surface area contributed by atoms with Crippen molar-refractivity contribution in [3.63, 3.8) is 0 Å². The number of nitrogens with one attached hydrogen (secondary N) is 1. The lowest BCUT2D eigenvalue weighted by Gasteiger charge is -2.41. The molecule has 1 aliphatic heterocycles. The lowest BCUT2D eigenvalue weighted by molar-refractivity contribution is -0.298. The minimum atomic E-state index is -5.08. The van der Waals surface area contributed by atoms with Gasteiger partial charge in [0.2, 0.25) is 5.91 Å². The highest BCUT2D eigenvalue weighted by Crippen LogP contribution is 2.26. The van der Waals surface area contributed by atoms with Crippen molar-refractivity contribution in [2.24, 2.45) is 0 Å². The van der Waals surface area contributed by atoms with Gasteiger partial charge in [0.05, 0.1) is 25.4 Å². The predicted molar refractivity (Wildman–Crippen MR) is 209 cm³/mol. The van der Waals surface area contributed by atoms with Gasteiger partial charge in [-0.2, -0.15) is 8.42 Å². The fraction of sp³-hybridized carbons (Fsp3) is 0.925. The van der Waals surface area contributed by atoms with Crippen molar-refractivity contribution in [2.45, 2.75) is 224 Å². The molecule has 1 saturated heterocycles. The SMILES string of the molecule is CCCCCCCCCCCCC/C=C/[C@@H](O)[C@H](CO[C@@H]1O[C@H](CO)[C@H](O)C(OS(=O)(=O)O)C1O)NC(=O)CCCCCCCCCCCCCCC. The number of ether oxygens (including phenoxy) is 2. The van der Waals surface area contributed by atoms with Gasteiger partial charge >= 0.3 is 10.4 Å². The van der Waals surface area contributed by atoms with E-state index < -0.39 is 59.9 Å². The first-order valence-corrected chi connectivity index (χ1v) is 22.4. The molecule has 1 heterocycles. The summed E-state index contributed by atoms with van der Waals surface area (Å²) in [6.07, 6.45) is 23.9. The molecule has 0 aromatic carbocycles. The zero-order valence-corrected chi connectivity index (χ0v) is 33.9. The second-order valence-electron chi connectivity index (χ2n) is 14.9. The molecule has 7 atom stereocenters. The summed E-state index contributed by atoms with van der Waals surface area (Å²) in [5.41, 5.74) is 0. The maximum atomic E-state index is 13.0. The molecule has 0 bridgehead atoms. The third-order valence-electron chi connectivity index (χ3n) is 10.1. The van der Waals surface area contributed by atoms with Crippen LogP contribution in [-0.4, -0.2) is 95.4 Å². The average Bonchev–Trinajstić information content (AvgIpc) is 3.12. The first-order valence-electron chi connectivity index (χ1n) is 21.1. The highest BCUT2D eigenvalue weighted by Gasteiger charge is 2.48. The molecule has 314 valence electrons. The molecule has 13 heteroatoms.